The molecule has 0 heterocycles. The maximum Gasteiger partial charge on any atom is 0.326 e. The van der Waals surface area contributed by atoms with Crippen molar-refractivity contribution in [3.8, 4) is 0 Å². The van der Waals surface area contributed by atoms with E-state index in [1.807, 2.05) is 0 Å². The number of carbonyl (C=O) groups excluding carboxylic acids is 1. The van der Waals surface area contributed by atoms with E-state index in [0.29, 0.717) is 5.02 Å². The summed E-state index contributed by atoms with van der Waals surface area (Å²) in [5.74, 6) is -3.01. The van der Waals surface area contributed by atoms with Crippen molar-refractivity contribution >= 4 is 29.4 Å². The van der Waals surface area contributed by atoms with Crippen molar-refractivity contribution in [2.24, 2.45) is 0 Å². The lowest BCUT2D eigenvalue weighted by molar-refractivity contribution is -0.140. The highest BCUT2D eigenvalue weighted by molar-refractivity contribution is 6.31. The Morgan fingerprint density at radius 3 is 2.45 bits per heavy atom. The molecule has 1 aromatic rings. The first-order chi connectivity index (χ1) is 9.31. The third kappa shape index (κ3) is 4.55. The van der Waals surface area contributed by atoms with Crippen molar-refractivity contribution in [3.63, 3.8) is 0 Å². The molecule has 20 heavy (non-hydrogen) atoms. The number of carboxylic acid groups (broad SMARTS) is 2. The van der Waals surface area contributed by atoms with E-state index in [1.165, 1.54) is 12.1 Å². The van der Waals surface area contributed by atoms with Gasteiger partial charge in [-0.05, 0) is 31.0 Å². The number of amides is 1. The van der Waals surface area contributed by atoms with Crippen LogP contribution in [-0.4, -0.2) is 34.1 Å². The normalized spacial score (nSPS) is 11.7. The number of carboxylic acids is 2. The molecule has 1 unspecified atom stereocenters. The molecule has 7 heteroatoms. The van der Waals surface area contributed by atoms with Crippen LogP contribution in [0.4, 0.5) is 0 Å². The van der Waals surface area contributed by atoms with Crippen molar-refractivity contribution in [2.45, 2.75) is 25.8 Å². The predicted molar refractivity (Wildman–Crippen MR) is 71.9 cm³/mol. The van der Waals surface area contributed by atoms with Gasteiger partial charge in [0, 0.05) is 17.0 Å². The second-order valence-electron chi connectivity index (χ2n) is 4.26. The summed E-state index contributed by atoms with van der Waals surface area (Å²) in [6.07, 6.45) is -0.526. The van der Waals surface area contributed by atoms with Gasteiger partial charge in [0.25, 0.3) is 5.91 Å². The van der Waals surface area contributed by atoms with Crippen LogP contribution < -0.4 is 5.32 Å². The van der Waals surface area contributed by atoms with Gasteiger partial charge >= 0.3 is 11.9 Å². The van der Waals surface area contributed by atoms with Gasteiger partial charge in [-0.3, -0.25) is 9.59 Å². The Morgan fingerprint density at radius 2 is 1.95 bits per heavy atom. The Bertz CT molecular complexity index is 544. The zero-order valence-electron chi connectivity index (χ0n) is 10.7. The van der Waals surface area contributed by atoms with Crippen LogP contribution in [0.15, 0.2) is 18.2 Å². The summed E-state index contributed by atoms with van der Waals surface area (Å²) in [4.78, 5) is 33.3. The number of carbonyl (C=O) groups is 3. The van der Waals surface area contributed by atoms with Gasteiger partial charge in [0.2, 0.25) is 0 Å². The van der Waals surface area contributed by atoms with Crippen LogP contribution >= 0.6 is 11.6 Å². The van der Waals surface area contributed by atoms with Crippen LogP contribution in [0.5, 0.6) is 0 Å². The van der Waals surface area contributed by atoms with E-state index in [1.54, 1.807) is 13.0 Å². The summed E-state index contributed by atoms with van der Waals surface area (Å²) in [5, 5.41) is 20.2. The van der Waals surface area contributed by atoms with E-state index in [0.717, 1.165) is 5.56 Å². The number of halogens is 1. The van der Waals surface area contributed by atoms with E-state index in [9.17, 15) is 14.4 Å². The largest absolute Gasteiger partial charge is 0.481 e. The van der Waals surface area contributed by atoms with Gasteiger partial charge in [0.15, 0.2) is 0 Å². The summed E-state index contributed by atoms with van der Waals surface area (Å²) in [6, 6.07) is 3.35. The Balaban J connectivity index is 2.77. The molecule has 0 spiro atoms. The summed E-state index contributed by atoms with van der Waals surface area (Å²) < 4.78 is 0. The Hall–Kier alpha value is -2.08. The van der Waals surface area contributed by atoms with Crippen LogP contribution in [0, 0.1) is 6.92 Å². The smallest absolute Gasteiger partial charge is 0.326 e. The molecule has 0 aliphatic rings. The number of aliphatic carboxylic acids is 2. The minimum Gasteiger partial charge on any atom is -0.481 e. The maximum atomic E-state index is 11.9. The highest BCUT2D eigenvalue weighted by Crippen LogP contribution is 2.16. The third-order valence-electron chi connectivity index (χ3n) is 2.68. The number of aryl methyl sites for hydroxylation is 1. The van der Waals surface area contributed by atoms with Gasteiger partial charge in [-0.2, -0.15) is 0 Å². The number of hydrogen-bond donors (Lipinski definition) is 3. The topological polar surface area (TPSA) is 104 Å². The fourth-order valence-electron chi connectivity index (χ4n) is 1.50. The van der Waals surface area contributed by atoms with Crippen molar-refractivity contribution in [1.29, 1.82) is 0 Å². The van der Waals surface area contributed by atoms with E-state index < -0.39 is 23.9 Å². The van der Waals surface area contributed by atoms with Crippen molar-refractivity contribution < 1.29 is 24.6 Å². The maximum absolute atomic E-state index is 11.9. The van der Waals surface area contributed by atoms with Gasteiger partial charge < -0.3 is 15.5 Å². The zero-order chi connectivity index (χ0) is 15.3. The van der Waals surface area contributed by atoms with Gasteiger partial charge in [0.1, 0.15) is 6.04 Å². The van der Waals surface area contributed by atoms with Crippen LogP contribution in [0.25, 0.3) is 0 Å². The fraction of sp³-hybridized carbons (Fsp3) is 0.308. The first kappa shape index (κ1) is 16.0. The van der Waals surface area contributed by atoms with Crippen LogP contribution in [0.3, 0.4) is 0 Å². The molecule has 0 radical (unpaired) electrons. The first-order valence-corrected chi connectivity index (χ1v) is 6.20. The summed E-state index contributed by atoms with van der Waals surface area (Å²) in [6.45, 7) is 1.77. The highest BCUT2D eigenvalue weighted by atomic mass is 35.5. The molecule has 1 atom stereocenters. The monoisotopic (exact) mass is 299 g/mol. The van der Waals surface area contributed by atoms with Crippen molar-refractivity contribution in [2.75, 3.05) is 0 Å². The summed E-state index contributed by atoms with van der Waals surface area (Å²) >= 11 is 5.89. The Kier molecular flexibility index (Phi) is 5.52. The molecule has 6 nitrogen and oxygen atoms in total. The Labute approximate surface area is 120 Å². The lowest BCUT2D eigenvalue weighted by atomic mass is 10.1. The average molecular weight is 300 g/mol. The minimum atomic E-state index is -1.28. The van der Waals surface area contributed by atoms with E-state index in [4.69, 9.17) is 21.8 Å². The minimum absolute atomic E-state index is 0.185. The Morgan fingerprint density at radius 1 is 1.30 bits per heavy atom. The second kappa shape index (κ2) is 6.91. The van der Waals surface area contributed by atoms with Crippen molar-refractivity contribution in [3.05, 3.63) is 34.3 Å². The standard InChI is InChI=1S/C13H14ClNO5/c1-7-2-3-8(6-9(7)14)12(18)15-10(13(19)20)4-5-11(16)17/h2-3,6,10H,4-5H2,1H3,(H,15,18)(H,16,17)(H,19,20). The lowest BCUT2D eigenvalue weighted by Crippen LogP contribution is -2.41. The van der Waals surface area contributed by atoms with E-state index in [2.05, 4.69) is 5.32 Å². The summed E-state index contributed by atoms with van der Waals surface area (Å²) in [7, 11) is 0. The van der Waals surface area contributed by atoms with Gasteiger partial charge in [0.05, 0.1) is 0 Å². The van der Waals surface area contributed by atoms with Crippen LogP contribution in [0.2, 0.25) is 5.02 Å². The van der Waals surface area contributed by atoms with Crippen LogP contribution in [-0.2, 0) is 9.59 Å². The van der Waals surface area contributed by atoms with Crippen molar-refractivity contribution in [1.82, 2.24) is 5.32 Å². The molecule has 3 N–H and O–H groups in total. The van der Waals surface area contributed by atoms with Crippen LogP contribution in [0.1, 0.15) is 28.8 Å². The molecule has 1 rings (SSSR count). The molecule has 0 saturated carbocycles. The molecular formula is C13H14ClNO5. The molecule has 0 bridgehead atoms. The molecule has 108 valence electrons. The molecule has 0 fully saturated rings. The van der Waals surface area contributed by atoms with E-state index in [-0.39, 0.29) is 18.4 Å². The molecule has 0 saturated heterocycles. The SMILES string of the molecule is Cc1ccc(C(=O)NC(CCC(=O)O)C(=O)O)cc1Cl. The average Bonchev–Trinajstić information content (AvgIpc) is 2.36. The zero-order valence-corrected chi connectivity index (χ0v) is 11.5. The number of benzene rings is 1. The van der Waals surface area contributed by atoms with Gasteiger partial charge in [-0.1, -0.05) is 17.7 Å². The first-order valence-electron chi connectivity index (χ1n) is 5.83. The molecule has 1 amide bonds. The fourth-order valence-corrected chi connectivity index (χ4v) is 1.68. The highest BCUT2D eigenvalue weighted by Gasteiger charge is 2.21. The lowest BCUT2D eigenvalue weighted by Gasteiger charge is -2.13. The predicted octanol–water partition coefficient (Wildman–Crippen LogP) is 1.70. The quantitative estimate of drug-likeness (QED) is 0.741. The van der Waals surface area contributed by atoms with E-state index >= 15 is 0 Å². The molecule has 0 aromatic heterocycles. The molecule has 0 aliphatic heterocycles. The number of hydrogen-bond acceptors (Lipinski definition) is 3. The molecule has 1 aromatic carbocycles. The van der Waals surface area contributed by atoms with Gasteiger partial charge in [-0.25, -0.2) is 4.79 Å². The molecular weight excluding hydrogens is 286 g/mol. The number of rotatable bonds is 6. The third-order valence-corrected chi connectivity index (χ3v) is 3.09. The summed E-state index contributed by atoms with van der Waals surface area (Å²) in [5.41, 5.74) is 1.02. The second-order valence-corrected chi connectivity index (χ2v) is 4.67. The molecule has 0 aliphatic carbocycles. The number of nitrogens with one attached hydrogen (secondary N) is 1. The van der Waals surface area contributed by atoms with Gasteiger partial charge in [-0.15, -0.1) is 0 Å².